The Balaban J connectivity index is 1.77. The first-order valence-corrected chi connectivity index (χ1v) is 11.3. The highest BCUT2D eigenvalue weighted by Crippen LogP contribution is 2.32. The lowest BCUT2D eigenvalue weighted by Gasteiger charge is -2.38. The molecule has 1 N–H and O–H groups in total. The molecule has 4 rings (SSSR count). The summed E-state index contributed by atoms with van der Waals surface area (Å²) in [6.07, 6.45) is 0. The zero-order chi connectivity index (χ0) is 24.8. The first kappa shape index (κ1) is 24.0. The molecule has 0 bridgehead atoms. The molecule has 0 saturated carbocycles. The number of nitrogens with zero attached hydrogens (tertiary/aromatic N) is 2. The molecular formula is C28H28FN3O3. The quantitative estimate of drug-likeness (QED) is 0.490. The maximum Gasteiger partial charge on any atom is 0.337 e. The highest BCUT2D eigenvalue weighted by Gasteiger charge is 2.35. The molecule has 1 atom stereocenters. The van der Waals surface area contributed by atoms with E-state index < -0.39 is 12.0 Å². The van der Waals surface area contributed by atoms with Crippen LogP contribution in [0.2, 0.25) is 0 Å². The summed E-state index contributed by atoms with van der Waals surface area (Å²) in [7, 11) is 2.98. The van der Waals surface area contributed by atoms with Crippen LogP contribution in [-0.2, 0) is 22.6 Å². The van der Waals surface area contributed by atoms with Crippen LogP contribution in [0.25, 0.3) is 0 Å². The summed E-state index contributed by atoms with van der Waals surface area (Å²) in [6.45, 7) is 2.77. The second-order valence-corrected chi connectivity index (χ2v) is 8.18. The van der Waals surface area contributed by atoms with Crippen molar-refractivity contribution in [1.29, 1.82) is 0 Å². The van der Waals surface area contributed by atoms with Crippen LogP contribution in [0, 0.1) is 5.82 Å². The van der Waals surface area contributed by atoms with Gasteiger partial charge in [0, 0.05) is 5.70 Å². The summed E-state index contributed by atoms with van der Waals surface area (Å²) in [6, 6.07) is 23.2. The summed E-state index contributed by atoms with van der Waals surface area (Å²) in [4.78, 5) is 19.7. The number of aliphatic imine (C=N–C) groups is 1. The Morgan fingerprint density at radius 3 is 2.40 bits per heavy atom. The number of ether oxygens (including phenoxy) is 2. The fourth-order valence-corrected chi connectivity index (χ4v) is 4.09. The lowest BCUT2D eigenvalue weighted by molar-refractivity contribution is -0.136. The van der Waals surface area contributed by atoms with Crippen LogP contribution in [0.15, 0.2) is 95.1 Å². The smallest absolute Gasteiger partial charge is 0.337 e. The predicted octanol–water partition coefficient (Wildman–Crippen LogP) is 4.98. The third-order valence-electron chi connectivity index (χ3n) is 5.95. The third-order valence-corrected chi connectivity index (χ3v) is 5.95. The van der Waals surface area contributed by atoms with Gasteiger partial charge in [0.2, 0.25) is 0 Å². The molecule has 1 aliphatic heterocycles. The molecule has 0 fully saturated rings. The molecule has 1 heterocycles. The first-order chi connectivity index (χ1) is 17.0. The van der Waals surface area contributed by atoms with E-state index in [0.717, 1.165) is 16.9 Å². The maximum absolute atomic E-state index is 14.1. The zero-order valence-electron chi connectivity index (χ0n) is 20.0. The standard InChI is InChI=1S/C28H28FN3O3/c1-19-25(27(33)35-3)26(22-10-7-11-23(29)16-22)31-28(32(19)18-21-8-5-4-6-9-21)30-17-20-12-14-24(34-2)15-13-20/h4-16,26H,17-18H2,1-3H3,(H,30,31)/t26-/m0/s1. The van der Waals surface area contributed by atoms with Gasteiger partial charge in [0.1, 0.15) is 11.6 Å². The van der Waals surface area contributed by atoms with E-state index in [1.807, 2.05) is 66.4 Å². The van der Waals surface area contributed by atoms with Crippen molar-refractivity contribution in [3.8, 4) is 5.75 Å². The number of hydrogen-bond donors (Lipinski definition) is 1. The van der Waals surface area contributed by atoms with Crippen molar-refractivity contribution >= 4 is 11.9 Å². The maximum atomic E-state index is 14.1. The molecule has 3 aromatic rings. The third kappa shape index (κ3) is 5.51. The lowest BCUT2D eigenvalue weighted by Crippen LogP contribution is -2.48. The molecular weight excluding hydrogens is 445 g/mol. The number of carbonyl (C=O) groups excluding carboxylic acids is 1. The summed E-state index contributed by atoms with van der Waals surface area (Å²) >= 11 is 0. The number of nitrogens with one attached hydrogen (secondary N) is 1. The normalized spacial score (nSPS) is 16.7. The van der Waals surface area contributed by atoms with Gasteiger partial charge in [0.25, 0.3) is 0 Å². The molecule has 0 saturated heterocycles. The number of allylic oxidation sites excluding steroid dienone is 1. The van der Waals surface area contributed by atoms with Gasteiger partial charge in [-0.05, 0) is 47.9 Å². The van der Waals surface area contributed by atoms with E-state index in [1.54, 1.807) is 19.2 Å². The van der Waals surface area contributed by atoms with E-state index in [4.69, 9.17) is 14.5 Å². The van der Waals surface area contributed by atoms with Gasteiger partial charge in [-0.15, -0.1) is 0 Å². The fraction of sp³-hybridized carbons (Fsp3) is 0.214. The molecule has 0 unspecified atom stereocenters. The molecule has 0 radical (unpaired) electrons. The molecule has 1 aliphatic rings. The Morgan fingerprint density at radius 1 is 1.00 bits per heavy atom. The molecule has 35 heavy (non-hydrogen) atoms. The van der Waals surface area contributed by atoms with Crippen LogP contribution >= 0.6 is 0 Å². The van der Waals surface area contributed by atoms with Crippen LogP contribution < -0.4 is 10.1 Å². The van der Waals surface area contributed by atoms with E-state index in [-0.39, 0.29) is 5.82 Å². The number of esters is 1. The monoisotopic (exact) mass is 473 g/mol. The first-order valence-electron chi connectivity index (χ1n) is 11.3. The minimum Gasteiger partial charge on any atom is -0.497 e. The summed E-state index contributed by atoms with van der Waals surface area (Å²) in [5.41, 5.74) is 3.78. The van der Waals surface area contributed by atoms with Crippen molar-refractivity contribution in [2.24, 2.45) is 4.99 Å². The SMILES string of the molecule is COC(=O)C1=C(C)N(Cc2ccccc2)C(=NCc2ccc(OC)cc2)N[C@H]1c1cccc(F)c1. The van der Waals surface area contributed by atoms with E-state index in [2.05, 4.69) is 5.32 Å². The molecule has 3 aromatic carbocycles. The van der Waals surface area contributed by atoms with E-state index in [0.29, 0.717) is 35.9 Å². The average molecular weight is 474 g/mol. The zero-order valence-corrected chi connectivity index (χ0v) is 20.0. The van der Waals surface area contributed by atoms with Gasteiger partial charge < -0.3 is 19.7 Å². The largest absolute Gasteiger partial charge is 0.497 e. The molecule has 0 aliphatic carbocycles. The minimum atomic E-state index is -0.611. The number of rotatable bonds is 7. The van der Waals surface area contributed by atoms with E-state index in [1.165, 1.54) is 19.2 Å². The van der Waals surface area contributed by atoms with Gasteiger partial charge in [0.15, 0.2) is 5.96 Å². The van der Waals surface area contributed by atoms with Crippen molar-refractivity contribution in [1.82, 2.24) is 10.2 Å². The van der Waals surface area contributed by atoms with Gasteiger partial charge in [-0.3, -0.25) is 0 Å². The second kappa shape index (κ2) is 10.9. The topological polar surface area (TPSA) is 63.2 Å². The molecule has 0 aromatic heterocycles. The highest BCUT2D eigenvalue weighted by molar-refractivity contribution is 5.96. The number of carbonyl (C=O) groups is 1. The van der Waals surface area contributed by atoms with Gasteiger partial charge in [0.05, 0.1) is 38.9 Å². The summed E-state index contributed by atoms with van der Waals surface area (Å²) in [5, 5.41) is 3.38. The number of methoxy groups -OCH3 is 2. The van der Waals surface area contributed by atoms with Crippen molar-refractivity contribution in [2.75, 3.05) is 14.2 Å². The minimum absolute atomic E-state index is 0.380. The van der Waals surface area contributed by atoms with E-state index >= 15 is 0 Å². The van der Waals surface area contributed by atoms with Crippen molar-refractivity contribution in [3.63, 3.8) is 0 Å². The van der Waals surface area contributed by atoms with Crippen LogP contribution in [-0.4, -0.2) is 31.0 Å². The Morgan fingerprint density at radius 2 is 1.74 bits per heavy atom. The van der Waals surface area contributed by atoms with E-state index in [9.17, 15) is 9.18 Å². The average Bonchev–Trinajstić information content (AvgIpc) is 2.89. The Hall–Kier alpha value is -4.13. The van der Waals surface area contributed by atoms with Crippen LogP contribution in [0.1, 0.15) is 29.7 Å². The molecule has 7 heteroatoms. The Bertz CT molecular complexity index is 1240. The number of benzene rings is 3. The summed E-state index contributed by atoms with van der Waals surface area (Å²) < 4.78 is 24.5. The lowest BCUT2D eigenvalue weighted by atomic mass is 9.94. The van der Waals surface area contributed by atoms with Gasteiger partial charge in [-0.2, -0.15) is 0 Å². The number of guanidine groups is 1. The molecule has 0 amide bonds. The van der Waals surface area contributed by atoms with Gasteiger partial charge in [-0.1, -0.05) is 54.6 Å². The van der Waals surface area contributed by atoms with Crippen molar-refractivity contribution in [2.45, 2.75) is 26.1 Å². The number of hydrogen-bond acceptors (Lipinski definition) is 4. The summed E-state index contributed by atoms with van der Waals surface area (Å²) in [5.74, 6) is 0.505. The van der Waals surface area contributed by atoms with Crippen LogP contribution in [0.5, 0.6) is 5.75 Å². The molecule has 6 nitrogen and oxygen atoms in total. The van der Waals surface area contributed by atoms with Crippen LogP contribution in [0.4, 0.5) is 4.39 Å². The Kier molecular flexibility index (Phi) is 7.45. The van der Waals surface area contributed by atoms with Gasteiger partial charge in [-0.25, -0.2) is 14.2 Å². The fourth-order valence-electron chi connectivity index (χ4n) is 4.09. The molecule has 0 spiro atoms. The highest BCUT2D eigenvalue weighted by atomic mass is 19.1. The molecule has 180 valence electrons. The van der Waals surface area contributed by atoms with Crippen molar-refractivity contribution in [3.05, 3.63) is 113 Å². The van der Waals surface area contributed by atoms with Crippen LogP contribution in [0.3, 0.4) is 0 Å². The van der Waals surface area contributed by atoms with Gasteiger partial charge >= 0.3 is 5.97 Å². The predicted molar refractivity (Wildman–Crippen MR) is 133 cm³/mol. The second-order valence-electron chi connectivity index (χ2n) is 8.18. The Labute approximate surface area is 204 Å². The van der Waals surface area contributed by atoms with Crippen molar-refractivity contribution < 1.29 is 18.7 Å². The number of halogens is 1.